The molecule has 18 heteroatoms. The summed E-state index contributed by atoms with van der Waals surface area (Å²) >= 11 is 3.47. The van der Waals surface area contributed by atoms with Crippen LogP contribution in [0.5, 0.6) is 0 Å². The van der Waals surface area contributed by atoms with E-state index in [0.29, 0.717) is 0 Å². The van der Waals surface area contributed by atoms with Gasteiger partial charge in [-0.1, -0.05) is 30.0 Å². The third-order valence-corrected chi connectivity index (χ3v) is 6.40. The van der Waals surface area contributed by atoms with E-state index in [1.54, 1.807) is 23.1 Å². The van der Waals surface area contributed by atoms with Crippen LogP contribution < -0.4 is 5.16 Å². The van der Waals surface area contributed by atoms with Gasteiger partial charge in [0.1, 0.15) is 0 Å². The second-order valence-electron chi connectivity index (χ2n) is 5.03. The fourth-order valence-electron chi connectivity index (χ4n) is 1.68. The molecule has 0 radical (unpaired) electrons. The molecule has 0 saturated carbocycles. The monoisotopic (exact) mass is 537 g/mol. The number of alkyl halides is 6. The molecule has 8 nitrogen and oxygen atoms in total. The molecule has 0 aliphatic carbocycles. The molecule has 178 valence electrons. The van der Waals surface area contributed by atoms with Crippen LogP contribution in [0.25, 0.3) is 0 Å². The van der Waals surface area contributed by atoms with Crippen molar-refractivity contribution in [3.8, 4) is 0 Å². The van der Waals surface area contributed by atoms with Crippen LogP contribution in [0.2, 0.25) is 0 Å². The number of hydrogen-bond acceptors (Lipinski definition) is 8. The number of hydrogen-bond donors (Lipinski definition) is 2. The molecule has 0 fully saturated rings. The Balaban J connectivity index is 0.000000483. The second kappa shape index (κ2) is 11.4. The van der Waals surface area contributed by atoms with Crippen LogP contribution in [0.4, 0.5) is 26.3 Å². The van der Waals surface area contributed by atoms with Crippen LogP contribution in [-0.4, -0.2) is 64.1 Å². The summed E-state index contributed by atoms with van der Waals surface area (Å²) in [6.45, 7) is 0. The molecule has 2 N–H and O–H groups in total. The highest BCUT2D eigenvalue weighted by atomic mass is 32.2. The van der Waals surface area contributed by atoms with Crippen LogP contribution in [-0.2, 0) is 38.0 Å². The van der Waals surface area contributed by atoms with Gasteiger partial charge in [-0.2, -0.15) is 26.3 Å². The van der Waals surface area contributed by atoms with Gasteiger partial charge in [-0.05, 0) is 23.2 Å². The number of benzene rings is 1. The molecule has 1 aliphatic rings. The first-order chi connectivity index (χ1) is 13.9. The van der Waals surface area contributed by atoms with E-state index in [2.05, 4.69) is 17.3 Å². The fourth-order valence-corrected chi connectivity index (χ4v) is 3.57. The first kappa shape index (κ1) is 29.5. The van der Waals surface area contributed by atoms with Gasteiger partial charge < -0.3 is 9.11 Å². The van der Waals surface area contributed by atoms with E-state index >= 15 is 0 Å². The van der Waals surface area contributed by atoms with E-state index in [4.69, 9.17) is 25.9 Å². The molecule has 0 spiro atoms. The van der Waals surface area contributed by atoms with Gasteiger partial charge in [-0.25, -0.2) is 16.8 Å². The summed E-state index contributed by atoms with van der Waals surface area (Å²) in [5.41, 5.74) is -8.03. The van der Waals surface area contributed by atoms with Crippen molar-refractivity contribution in [2.75, 3.05) is 12.0 Å². The Bertz CT molecular complexity index is 976. The number of thioether (sulfide) groups is 1. The lowest BCUT2D eigenvalue weighted by atomic mass is 10.0. The van der Waals surface area contributed by atoms with Gasteiger partial charge in [0, 0.05) is 5.75 Å². The predicted molar refractivity (Wildman–Crippen MR) is 99.3 cm³/mol. The Morgan fingerprint density at radius 3 is 1.77 bits per heavy atom. The van der Waals surface area contributed by atoms with Gasteiger partial charge >= 0.3 is 20.9 Å². The van der Waals surface area contributed by atoms with E-state index in [1.165, 1.54) is 5.56 Å². The third-order valence-electron chi connectivity index (χ3n) is 2.96. The fraction of sp³-hybridized carbons (Fsp3) is 0.385. The zero-order valence-corrected chi connectivity index (χ0v) is 18.3. The van der Waals surface area contributed by atoms with Crippen molar-refractivity contribution in [3.63, 3.8) is 0 Å². The average Bonchev–Trinajstić information content (AvgIpc) is 2.77. The molecule has 2 rings (SSSR count). The van der Waals surface area contributed by atoms with Gasteiger partial charge in [0.2, 0.25) is 0 Å². The third kappa shape index (κ3) is 9.69. The van der Waals surface area contributed by atoms with Gasteiger partial charge in [-0.3, -0.25) is 5.21 Å². The van der Waals surface area contributed by atoms with E-state index in [9.17, 15) is 31.5 Å². The smallest absolute Gasteiger partial charge is 0.485 e. The minimum Gasteiger partial charge on any atom is -0.741 e. The molecule has 0 amide bonds. The maximum atomic E-state index is 10.7. The number of fused-ring (bicyclic) bond motifs is 1. The molecular formula is C13H13F6NO7S4. The molecule has 0 atom stereocenters. The summed E-state index contributed by atoms with van der Waals surface area (Å²) < 4.78 is 119. The van der Waals surface area contributed by atoms with Crippen LogP contribution in [0.1, 0.15) is 11.1 Å². The summed E-state index contributed by atoms with van der Waals surface area (Å²) in [4.78, 5) is 0. The van der Waals surface area contributed by atoms with E-state index < -0.39 is 31.3 Å². The van der Waals surface area contributed by atoms with Crippen molar-refractivity contribution in [3.05, 3.63) is 35.4 Å². The zero-order chi connectivity index (χ0) is 24.7. The molecule has 1 heterocycles. The maximum Gasteiger partial charge on any atom is 0.485 e. The largest absolute Gasteiger partial charge is 0.741 e. The van der Waals surface area contributed by atoms with Crippen molar-refractivity contribution in [1.29, 1.82) is 0 Å². The Morgan fingerprint density at radius 2 is 1.42 bits per heavy atom. The van der Waals surface area contributed by atoms with Crippen molar-refractivity contribution in [2.24, 2.45) is 0 Å². The van der Waals surface area contributed by atoms with E-state index in [0.717, 1.165) is 27.6 Å². The number of aryl methyl sites for hydroxylation is 1. The van der Waals surface area contributed by atoms with Gasteiger partial charge in [0.15, 0.2) is 37.8 Å². The zero-order valence-electron chi connectivity index (χ0n) is 15.0. The highest BCUT2D eigenvalue weighted by Gasteiger charge is 2.37. The quantitative estimate of drug-likeness (QED) is 0.0906. The topological polar surface area (TPSA) is 149 Å². The lowest BCUT2D eigenvalue weighted by Crippen LogP contribution is -2.71. The highest BCUT2D eigenvalue weighted by molar-refractivity contribution is 8.24. The Kier molecular flexibility index (Phi) is 10.9. The SMILES string of the molecule is C[S+]=C1SCCc2ccccc2/C1=[NH+]\O.O=S(=O)([O-])C(F)(F)F.O=S(=O)([O-])C(F)(F)F. The standard InChI is InChI=1S/C11H11NOS2.2CHF3O3S/c1-14-11-10(12-13)9-5-3-2-4-8(9)6-7-15-11;2*2-1(3,4)8(5,6)7/h2-5H,6-7H2,1H3;2*(H,5,6,7)/b12-10+;;. The first-order valence-electron chi connectivity index (χ1n) is 7.30. The number of halogens is 6. The molecule has 0 unspecified atom stereocenters. The molecule has 0 saturated heterocycles. The summed E-state index contributed by atoms with van der Waals surface area (Å²) in [5.74, 6) is 1.07. The van der Waals surface area contributed by atoms with Gasteiger partial charge in [0.05, 0.1) is 5.56 Å². The predicted octanol–water partition coefficient (Wildman–Crippen LogP) is 0.180. The second-order valence-corrected chi connectivity index (χ2v) is 9.96. The summed E-state index contributed by atoms with van der Waals surface area (Å²) in [6, 6.07) is 8.22. The molecule has 0 aromatic heterocycles. The average molecular weight is 538 g/mol. The van der Waals surface area contributed by atoms with Crippen molar-refractivity contribution < 1.29 is 62.6 Å². The minimum absolute atomic E-state index is 0.848. The van der Waals surface area contributed by atoms with Crippen LogP contribution in [0, 0.1) is 0 Å². The Morgan fingerprint density at radius 1 is 1.00 bits per heavy atom. The van der Waals surface area contributed by atoms with E-state index in [-0.39, 0.29) is 0 Å². The van der Waals surface area contributed by atoms with Gasteiger partial charge in [-0.15, -0.1) is 0 Å². The van der Waals surface area contributed by atoms with Crippen molar-refractivity contribution in [2.45, 2.75) is 17.4 Å². The molecule has 1 aromatic carbocycles. The summed E-state index contributed by atoms with van der Waals surface area (Å²) in [6.07, 6.45) is 3.09. The van der Waals surface area contributed by atoms with E-state index in [1.807, 2.05) is 18.4 Å². The summed E-state index contributed by atoms with van der Waals surface area (Å²) in [5, 5.41) is 11.6. The van der Waals surface area contributed by atoms with Crippen LogP contribution >= 0.6 is 11.8 Å². The lowest BCUT2D eigenvalue weighted by molar-refractivity contribution is -0.735. The maximum absolute atomic E-state index is 10.7. The molecule has 31 heavy (non-hydrogen) atoms. The number of nitrogens with one attached hydrogen (secondary N) is 1. The number of rotatable bonds is 0. The molecule has 1 aliphatic heterocycles. The molecular weight excluding hydrogens is 524 g/mol. The van der Waals surface area contributed by atoms with Crippen molar-refractivity contribution in [1.82, 2.24) is 0 Å². The minimum atomic E-state index is -6.09. The van der Waals surface area contributed by atoms with Crippen LogP contribution in [0.3, 0.4) is 0 Å². The van der Waals surface area contributed by atoms with Crippen LogP contribution in [0.15, 0.2) is 24.3 Å². The Hall–Kier alpha value is -1.47. The molecule has 1 aromatic rings. The Labute approximate surface area is 180 Å². The highest BCUT2D eigenvalue weighted by Crippen LogP contribution is 2.21. The van der Waals surface area contributed by atoms with Gasteiger partial charge in [0.25, 0.3) is 0 Å². The first-order valence-corrected chi connectivity index (χ1v) is 12.3. The lowest BCUT2D eigenvalue weighted by Gasteiger charge is -2.08. The van der Waals surface area contributed by atoms with Crippen molar-refractivity contribution >= 4 is 53.3 Å². The molecule has 0 bridgehead atoms. The summed E-state index contributed by atoms with van der Waals surface area (Å²) in [7, 11) is -12.2. The normalized spacial score (nSPS) is 17.6.